The van der Waals surface area contributed by atoms with E-state index >= 15 is 0 Å². The Morgan fingerprint density at radius 3 is 3.19 bits per heavy atom. The lowest BCUT2D eigenvalue weighted by atomic mass is 10.2. The van der Waals surface area contributed by atoms with Crippen LogP contribution in [0.15, 0.2) is 12.5 Å². The number of carbonyl (C=O) groups is 1. The van der Waals surface area contributed by atoms with Crippen LogP contribution in [0.2, 0.25) is 0 Å². The zero-order chi connectivity index (χ0) is 11.5. The second-order valence-electron chi connectivity index (χ2n) is 3.77. The molecule has 0 aliphatic carbocycles. The monoisotopic (exact) mass is 287 g/mol. The van der Waals surface area contributed by atoms with E-state index in [-0.39, 0.29) is 11.9 Å². The van der Waals surface area contributed by atoms with Crippen molar-refractivity contribution in [3.8, 4) is 0 Å². The van der Waals surface area contributed by atoms with Crippen molar-refractivity contribution in [1.82, 2.24) is 14.5 Å². The van der Waals surface area contributed by atoms with Crippen molar-refractivity contribution in [2.75, 3.05) is 25.1 Å². The number of aryl methyl sites for hydroxylation is 1. The number of hydrogen-bond donors (Lipinski definition) is 0. The lowest BCUT2D eigenvalue weighted by Gasteiger charge is -2.34. The normalized spacial score (nSPS) is 21.1. The Kier molecular flexibility index (Phi) is 3.60. The van der Waals surface area contributed by atoms with Crippen molar-refractivity contribution < 1.29 is 9.53 Å². The molecule has 0 spiro atoms. The number of halogens is 1. The number of ether oxygens (including phenoxy) is 1. The minimum atomic E-state index is 0.0211. The summed E-state index contributed by atoms with van der Waals surface area (Å²) >= 11 is 3.41. The first-order chi connectivity index (χ1) is 7.74. The predicted molar refractivity (Wildman–Crippen MR) is 62.6 cm³/mol. The highest BCUT2D eigenvalue weighted by Crippen LogP contribution is 2.13. The molecule has 1 saturated heterocycles. The lowest BCUT2D eigenvalue weighted by Crippen LogP contribution is -2.49. The summed E-state index contributed by atoms with van der Waals surface area (Å²) in [5, 5.41) is 0.733. The first kappa shape index (κ1) is 11.6. The van der Waals surface area contributed by atoms with Gasteiger partial charge in [0.25, 0.3) is 5.91 Å². The van der Waals surface area contributed by atoms with E-state index in [1.165, 1.54) is 0 Å². The third-order valence-electron chi connectivity index (χ3n) is 2.70. The highest BCUT2D eigenvalue weighted by Gasteiger charge is 2.28. The standard InChI is InChI=1S/C10H14BrN3O2/c1-13-7-12-5-9(13)10(15)14-2-3-16-6-8(14)4-11/h5,7-8H,2-4,6H2,1H3. The number of carbonyl (C=O) groups excluding carboxylic acids is 1. The van der Waals surface area contributed by atoms with Gasteiger partial charge >= 0.3 is 0 Å². The topological polar surface area (TPSA) is 47.4 Å². The molecule has 5 nitrogen and oxygen atoms in total. The molecule has 0 bridgehead atoms. The largest absolute Gasteiger partial charge is 0.377 e. The Morgan fingerprint density at radius 1 is 1.75 bits per heavy atom. The van der Waals surface area contributed by atoms with Gasteiger partial charge in [0.2, 0.25) is 0 Å². The molecule has 1 aromatic rings. The minimum absolute atomic E-state index is 0.0211. The van der Waals surface area contributed by atoms with Crippen molar-refractivity contribution in [3.63, 3.8) is 0 Å². The molecular weight excluding hydrogens is 274 g/mol. The summed E-state index contributed by atoms with van der Waals surface area (Å²) in [4.78, 5) is 18.0. The molecule has 88 valence electrons. The molecule has 0 N–H and O–H groups in total. The Bertz CT molecular complexity index is 380. The molecule has 1 aliphatic rings. The zero-order valence-electron chi connectivity index (χ0n) is 9.10. The molecule has 0 aromatic carbocycles. The number of amides is 1. The first-order valence-electron chi connectivity index (χ1n) is 5.15. The van der Waals surface area contributed by atoms with Crippen LogP contribution in [-0.2, 0) is 11.8 Å². The van der Waals surface area contributed by atoms with Gasteiger partial charge in [0.05, 0.1) is 31.8 Å². The van der Waals surface area contributed by atoms with E-state index in [9.17, 15) is 4.79 Å². The second kappa shape index (κ2) is 4.97. The molecule has 1 fully saturated rings. The zero-order valence-corrected chi connectivity index (χ0v) is 10.7. The Labute approximate surface area is 103 Å². The quantitative estimate of drug-likeness (QED) is 0.751. The molecule has 1 unspecified atom stereocenters. The van der Waals surface area contributed by atoms with Crippen LogP contribution in [-0.4, -0.2) is 51.5 Å². The molecule has 2 heterocycles. The van der Waals surface area contributed by atoms with E-state index in [0.29, 0.717) is 25.5 Å². The number of hydrogen-bond acceptors (Lipinski definition) is 3. The fourth-order valence-corrected chi connectivity index (χ4v) is 2.30. The van der Waals surface area contributed by atoms with Gasteiger partial charge in [0, 0.05) is 18.9 Å². The van der Waals surface area contributed by atoms with Gasteiger partial charge in [-0.25, -0.2) is 4.98 Å². The van der Waals surface area contributed by atoms with Crippen molar-refractivity contribution in [1.29, 1.82) is 0 Å². The lowest BCUT2D eigenvalue weighted by molar-refractivity contribution is 0.00472. The molecule has 2 rings (SSSR count). The van der Waals surface area contributed by atoms with Crippen molar-refractivity contribution in [3.05, 3.63) is 18.2 Å². The number of alkyl halides is 1. The maximum absolute atomic E-state index is 12.2. The number of morpholine rings is 1. The molecule has 1 atom stereocenters. The van der Waals surface area contributed by atoms with Gasteiger partial charge < -0.3 is 14.2 Å². The highest BCUT2D eigenvalue weighted by molar-refractivity contribution is 9.09. The first-order valence-corrected chi connectivity index (χ1v) is 6.27. The van der Waals surface area contributed by atoms with Crippen LogP contribution in [0, 0.1) is 0 Å². The van der Waals surface area contributed by atoms with Gasteiger partial charge in [0.1, 0.15) is 5.69 Å². The summed E-state index contributed by atoms with van der Waals surface area (Å²) in [6, 6.07) is 0.108. The third-order valence-corrected chi connectivity index (χ3v) is 3.45. The van der Waals surface area contributed by atoms with Crippen molar-refractivity contribution in [2.24, 2.45) is 7.05 Å². The van der Waals surface area contributed by atoms with Gasteiger partial charge in [-0.1, -0.05) is 15.9 Å². The van der Waals surface area contributed by atoms with Gasteiger partial charge in [-0.2, -0.15) is 0 Å². The van der Waals surface area contributed by atoms with Gasteiger partial charge in [0.15, 0.2) is 0 Å². The number of rotatable bonds is 2. The highest BCUT2D eigenvalue weighted by atomic mass is 79.9. The summed E-state index contributed by atoms with van der Waals surface area (Å²) < 4.78 is 7.09. The number of imidazole rings is 1. The van der Waals surface area contributed by atoms with Crippen LogP contribution in [0.5, 0.6) is 0 Å². The van der Waals surface area contributed by atoms with E-state index in [1.54, 1.807) is 17.1 Å². The molecule has 1 amide bonds. The van der Waals surface area contributed by atoms with E-state index < -0.39 is 0 Å². The van der Waals surface area contributed by atoms with Crippen LogP contribution >= 0.6 is 15.9 Å². The van der Waals surface area contributed by atoms with Crippen molar-refractivity contribution in [2.45, 2.75) is 6.04 Å². The summed E-state index contributed by atoms with van der Waals surface area (Å²) in [5.41, 5.74) is 0.618. The maximum atomic E-state index is 12.2. The predicted octanol–water partition coefficient (Wildman–Crippen LogP) is 0.656. The summed E-state index contributed by atoms with van der Waals surface area (Å²) in [5.74, 6) is 0.0211. The molecule has 0 saturated carbocycles. The van der Waals surface area contributed by atoms with E-state index in [4.69, 9.17) is 4.74 Å². The average molecular weight is 288 g/mol. The SMILES string of the molecule is Cn1cncc1C(=O)N1CCOCC1CBr. The molecule has 6 heteroatoms. The summed E-state index contributed by atoms with van der Waals surface area (Å²) in [7, 11) is 1.82. The Morgan fingerprint density at radius 2 is 2.56 bits per heavy atom. The molecule has 1 aliphatic heterocycles. The van der Waals surface area contributed by atoms with E-state index in [2.05, 4.69) is 20.9 Å². The summed E-state index contributed by atoms with van der Waals surface area (Å²) in [6.45, 7) is 1.84. The van der Waals surface area contributed by atoms with Gasteiger partial charge in [-0.3, -0.25) is 4.79 Å². The Balaban J connectivity index is 2.17. The van der Waals surface area contributed by atoms with Gasteiger partial charge in [-0.15, -0.1) is 0 Å². The minimum Gasteiger partial charge on any atom is -0.377 e. The smallest absolute Gasteiger partial charge is 0.272 e. The Hall–Kier alpha value is -0.880. The molecule has 16 heavy (non-hydrogen) atoms. The van der Waals surface area contributed by atoms with Gasteiger partial charge in [-0.05, 0) is 0 Å². The average Bonchev–Trinajstić information content (AvgIpc) is 2.74. The van der Waals surface area contributed by atoms with Crippen LogP contribution in [0.4, 0.5) is 0 Å². The second-order valence-corrected chi connectivity index (χ2v) is 4.42. The summed E-state index contributed by atoms with van der Waals surface area (Å²) in [6.07, 6.45) is 3.24. The number of aromatic nitrogens is 2. The number of nitrogens with zero attached hydrogens (tertiary/aromatic N) is 3. The van der Waals surface area contributed by atoms with E-state index in [0.717, 1.165) is 5.33 Å². The fourth-order valence-electron chi connectivity index (χ4n) is 1.76. The van der Waals surface area contributed by atoms with Crippen LogP contribution < -0.4 is 0 Å². The molecule has 1 aromatic heterocycles. The maximum Gasteiger partial charge on any atom is 0.272 e. The van der Waals surface area contributed by atoms with E-state index in [1.807, 2.05) is 11.9 Å². The van der Waals surface area contributed by atoms with Crippen molar-refractivity contribution >= 4 is 21.8 Å². The third kappa shape index (κ3) is 2.12. The molecular formula is C10H14BrN3O2. The van der Waals surface area contributed by atoms with Crippen LogP contribution in [0.3, 0.4) is 0 Å². The van der Waals surface area contributed by atoms with Crippen LogP contribution in [0.25, 0.3) is 0 Å². The fraction of sp³-hybridized carbons (Fsp3) is 0.600. The van der Waals surface area contributed by atoms with Crippen LogP contribution in [0.1, 0.15) is 10.5 Å². The molecule has 0 radical (unpaired) electrons.